The molecule has 0 aliphatic heterocycles. The highest BCUT2D eigenvalue weighted by molar-refractivity contribution is 6.00. The standard InChI is InChI=1S/C19H21NO5/c1-11(2)25-19(22)17(13(4)21)12(3)18-15-8-6-5-7-14(15)9-10-16(18)20(23)24/h5-12,17H,1-4H3. The van der Waals surface area contributed by atoms with Crippen LogP contribution in [0.3, 0.4) is 0 Å². The summed E-state index contributed by atoms with van der Waals surface area (Å²) in [7, 11) is 0. The van der Waals surface area contributed by atoms with Gasteiger partial charge in [0.05, 0.1) is 11.0 Å². The number of ether oxygens (including phenoxy) is 1. The van der Waals surface area contributed by atoms with Crippen LogP contribution >= 0.6 is 0 Å². The summed E-state index contributed by atoms with van der Waals surface area (Å²) in [6.07, 6.45) is -0.371. The second-order valence-electron chi connectivity index (χ2n) is 6.34. The van der Waals surface area contributed by atoms with E-state index in [1.54, 1.807) is 39.0 Å². The van der Waals surface area contributed by atoms with Crippen LogP contribution in [0, 0.1) is 16.0 Å². The van der Waals surface area contributed by atoms with Crippen LogP contribution < -0.4 is 0 Å². The van der Waals surface area contributed by atoms with E-state index in [-0.39, 0.29) is 17.6 Å². The fourth-order valence-electron chi connectivity index (χ4n) is 3.12. The van der Waals surface area contributed by atoms with E-state index in [0.717, 1.165) is 5.39 Å². The number of ketones is 1. The van der Waals surface area contributed by atoms with Gasteiger partial charge in [-0.25, -0.2) is 0 Å². The molecule has 6 nitrogen and oxygen atoms in total. The van der Waals surface area contributed by atoms with E-state index in [2.05, 4.69) is 0 Å². The van der Waals surface area contributed by atoms with Crippen molar-refractivity contribution in [2.24, 2.45) is 5.92 Å². The zero-order chi connectivity index (χ0) is 18.7. The van der Waals surface area contributed by atoms with E-state index in [1.165, 1.54) is 13.0 Å². The summed E-state index contributed by atoms with van der Waals surface area (Å²) in [5.74, 6) is -2.81. The first-order valence-electron chi connectivity index (χ1n) is 8.11. The monoisotopic (exact) mass is 343 g/mol. The van der Waals surface area contributed by atoms with Crippen molar-refractivity contribution in [1.29, 1.82) is 0 Å². The Balaban J connectivity index is 2.64. The molecule has 0 bridgehead atoms. The molecule has 6 heteroatoms. The summed E-state index contributed by atoms with van der Waals surface area (Å²) in [4.78, 5) is 35.6. The largest absolute Gasteiger partial charge is 0.462 e. The topological polar surface area (TPSA) is 86.5 Å². The SMILES string of the molecule is CC(=O)C(C(=O)OC(C)C)C(C)c1c([N+](=O)[O-])ccc2ccccc12. The fraction of sp³-hybridized carbons (Fsp3) is 0.368. The average Bonchev–Trinajstić information content (AvgIpc) is 2.52. The Hall–Kier alpha value is -2.76. The Bertz CT molecular complexity index is 828. The zero-order valence-corrected chi connectivity index (χ0v) is 14.7. The van der Waals surface area contributed by atoms with Crippen LogP contribution in [0.25, 0.3) is 10.8 Å². The van der Waals surface area contributed by atoms with E-state index in [9.17, 15) is 19.7 Å². The summed E-state index contributed by atoms with van der Waals surface area (Å²) < 4.78 is 5.20. The molecule has 0 heterocycles. The molecule has 2 aromatic carbocycles. The highest BCUT2D eigenvalue weighted by atomic mass is 16.6. The second-order valence-corrected chi connectivity index (χ2v) is 6.34. The minimum absolute atomic E-state index is 0.102. The first-order chi connectivity index (χ1) is 11.7. The number of benzene rings is 2. The van der Waals surface area contributed by atoms with Crippen molar-refractivity contribution in [2.45, 2.75) is 39.7 Å². The maximum Gasteiger partial charge on any atom is 0.317 e. The van der Waals surface area contributed by atoms with Gasteiger partial charge in [-0.15, -0.1) is 0 Å². The Morgan fingerprint density at radius 2 is 1.72 bits per heavy atom. The maximum atomic E-state index is 12.4. The molecule has 0 aliphatic carbocycles. The smallest absolute Gasteiger partial charge is 0.317 e. The van der Waals surface area contributed by atoms with Crippen molar-refractivity contribution in [3.8, 4) is 0 Å². The lowest BCUT2D eigenvalue weighted by Gasteiger charge is -2.23. The van der Waals surface area contributed by atoms with Gasteiger partial charge >= 0.3 is 5.97 Å². The van der Waals surface area contributed by atoms with Gasteiger partial charge in [-0.3, -0.25) is 19.7 Å². The van der Waals surface area contributed by atoms with Crippen LogP contribution in [0.5, 0.6) is 0 Å². The molecule has 0 amide bonds. The number of nitro groups is 1. The van der Waals surface area contributed by atoms with Gasteiger partial charge in [-0.2, -0.15) is 0 Å². The van der Waals surface area contributed by atoms with Crippen molar-refractivity contribution >= 4 is 28.2 Å². The molecule has 0 fully saturated rings. The number of carbonyl (C=O) groups excluding carboxylic acids is 2. The summed E-state index contributed by atoms with van der Waals surface area (Å²) in [6.45, 7) is 6.35. The van der Waals surface area contributed by atoms with Gasteiger partial charge in [0.15, 0.2) is 0 Å². The van der Waals surface area contributed by atoms with Crippen LogP contribution in [-0.4, -0.2) is 22.8 Å². The molecule has 25 heavy (non-hydrogen) atoms. The number of nitro benzene ring substituents is 1. The summed E-state index contributed by atoms with van der Waals surface area (Å²) in [5, 5.41) is 13.0. The molecular formula is C19H21NO5. The minimum Gasteiger partial charge on any atom is -0.462 e. The van der Waals surface area contributed by atoms with Crippen molar-refractivity contribution in [1.82, 2.24) is 0 Å². The average molecular weight is 343 g/mol. The lowest BCUT2D eigenvalue weighted by atomic mass is 9.82. The van der Waals surface area contributed by atoms with Gasteiger partial charge in [0, 0.05) is 17.5 Å². The number of esters is 1. The maximum absolute atomic E-state index is 12.4. The van der Waals surface area contributed by atoms with E-state index < -0.39 is 22.7 Å². The predicted molar refractivity (Wildman–Crippen MR) is 94.4 cm³/mol. The van der Waals surface area contributed by atoms with Gasteiger partial charge in [0.25, 0.3) is 5.69 Å². The van der Waals surface area contributed by atoms with Crippen LogP contribution in [-0.2, 0) is 14.3 Å². The van der Waals surface area contributed by atoms with Gasteiger partial charge in [-0.05, 0) is 37.6 Å². The molecule has 0 aliphatic rings. The van der Waals surface area contributed by atoms with Crippen LogP contribution in [0.15, 0.2) is 36.4 Å². The first-order valence-corrected chi connectivity index (χ1v) is 8.11. The summed E-state index contributed by atoms with van der Waals surface area (Å²) in [6, 6.07) is 10.3. The zero-order valence-electron chi connectivity index (χ0n) is 14.7. The quantitative estimate of drug-likeness (QED) is 0.342. The molecule has 2 unspecified atom stereocenters. The van der Waals surface area contributed by atoms with E-state index in [1.807, 2.05) is 12.1 Å². The normalized spacial score (nSPS) is 13.5. The van der Waals surface area contributed by atoms with Gasteiger partial charge < -0.3 is 4.74 Å². The molecule has 2 rings (SSSR count). The molecular weight excluding hydrogens is 322 g/mol. The Kier molecular flexibility index (Phi) is 5.51. The summed E-state index contributed by atoms with van der Waals surface area (Å²) >= 11 is 0. The molecule has 0 saturated carbocycles. The molecule has 0 N–H and O–H groups in total. The Morgan fingerprint density at radius 1 is 1.08 bits per heavy atom. The van der Waals surface area contributed by atoms with Crippen LogP contribution in [0.4, 0.5) is 5.69 Å². The van der Waals surface area contributed by atoms with Crippen LogP contribution in [0.1, 0.15) is 39.2 Å². The van der Waals surface area contributed by atoms with E-state index >= 15 is 0 Å². The van der Waals surface area contributed by atoms with E-state index in [0.29, 0.717) is 10.9 Å². The Labute approximate surface area is 145 Å². The molecule has 2 aromatic rings. The van der Waals surface area contributed by atoms with Crippen molar-refractivity contribution < 1.29 is 19.2 Å². The van der Waals surface area contributed by atoms with Gasteiger partial charge in [0.1, 0.15) is 11.7 Å². The number of fused-ring (bicyclic) bond motifs is 1. The van der Waals surface area contributed by atoms with Crippen molar-refractivity contribution in [2.75, 3.05) is 0 Å². The number of hydrogen-bond donors (Lipinski definition) is 0. The Morgan fingerprint density at radius 3 is 2.28 bits per heavy atom. The van der Waals surface area contributed by atoms with E-state index in [4.69, 9.17) is 4.74 Å². The first kappa shape index (κ1) is 18.6. The predicted octanol–water partition coefficient (Wildman–Crippen LogP) is 4.01. The highest BCUT2D eigenvalue weighted by Gasteiger charge is 2.36. The fourth-order valence-corrected chi connectivity index (χ4v) is 3.12. The third-order valence-corrected chi connectivity index (χ3v) is 4.14. The van der Waals surface area contributed by atoms with Crippen molar-refractivity contribution in [3.05, 3.63) is 52.1 Å². The molecule has 0 aromatic heterocycles. The van der Waals surface area contributed by atoms with Crippen LogP contribution in [0.2, 0.25) is 0 Å². The highest BCUT2D eigenvalue weighted by Crippen LogP contribution is 2.38. The number of Topliss-reactive ketones (excluding diaryl/α,β-unsaturated/α-hetero) is 1. The molecule has 0 spiro atoms. The van der Waals surface area contributed by atoms with Crippen molar-refractivity contribution in [3.63, 3.8) is 0 Å². The second kappa shape index (κ2) is 7.42. The molecule has 0 saturated heterocycles. The molecule has 2 atom stereocenters. The minimum atomic E-state index is -1.09. The van der Waals surface area contributed by atoms with Gasteiger partial charge in [0.2, 0.25) is 0 Å². The van der Waals surface area contributed by atoms with Gasteiger partial charge in [-0.1, -0.05) is 31.2 Å². The number of nitrogens with zero attached hydrogens (tertiary/aromatic N) is 1. The third-order valence-electron chi connectivity index (χ3n) is 4.14. The summed E-state index contributed by atoms with van der Waals surface area (Å²) in [5.41, 5.74) is 0.277. The molecule has 132 valence electrons. The number of carbonyl (C=O) groups is 2. The third kappa shape index (κ3) is 3.84. The lowest BCUT2D eigenvalue weighted by molar-refractivity contribution is -0.385. The lowest BCUT2D eigenvalue weighted by Crippen LogP contribution is -2.31. The molecule has 0 radical (unpaired) electrons. The number of rotatable bonds is 6. The number of hydrogen-bond acceptors (Lipinski definition) is 5.